The van der Waals surface area contributed by atoms with Gasteiger partial charge in [-0.15, -0.1) is 0 Å². The minimum Gasteiger partial charge on any atom is -0.488 e. The first-order chi connectivity index (χ1) is 19.9. The fraction of sp³-hybridized carbons (Fsp3) is 0.250. The van der Waals surface area contributed by atoms with E-state index in [1.807, 2.05) is 37.3 Å². The molecule has 3 aromatic carbocycles. The van der Waals surface area contributed by atoms with Crippen LogP contribution in [-0.4, -0.2) is 54.7 Å². The highest BCUT2D eigenvalue weighted by Crippen LogP contribution is 2.34. The molecule has 0 bridgehead atoms. The van der Waals surface area contributed by atoms with Crippen molar-refractivity contribution >= 4 is 11.9 Å². The van der Waals surface area contributed by atoms with Crippen LogP contribution in [0.4, 0.5) is 4.39 Å². The zero-order valence-electron chi connectivity index (χ0n) is 22.9. The van der Waals surface area contributed by atoms with Crippen molar-refractivity contribution in [3.63, 3.8) is 0 Å². The number of methoxy groups -OCH3 is 1. The number of rotatable bonds is 11. The smallest absolute Gasteiger partial charge is 0.355 e. The van der Waals surface area contributed by atoms with Gasteiger partial charge in [0.1, 0.15) is 29.9 Å². The van der Waals surface area contributed by atoms with Crippen LogP contribution in [0.1, 0.15) is 39.8 Å². The second kappa shape index (κ2) is 12.7. The maximum atomic E-state index is 15.0. The first kappa shape index (κ1) is 27.9. The minimum absolute atomic E-state index is 0.0325. The highest BCUT2D eigenvalue weighted by Gasteiger charge is 2.23. The van der Waals surface area contributed by atoms with Gasteiger partial charge in [-0.1, -0.05) is 30.3 Å². The first-order valence-corrected chi connectivity index (χ1v) is 13.4. The summed E-state index contributed by atoms with van der Waals surface area (Å²) in [4.78, 5) is 29.9. The lowest BCUT2D eigenvalue weighted by atomic mass is 10.1. The normalized spacial score (nSPS) is 13.3. The van der Waals surface area contributed by atoms with E-state index in [4.69, 9.17) is 18.9 Å². The van der Waals surface area contributed by atoms with Gasteiger partial charge in [-0.2, -0.15) is 0 Å². The van der Waals surface area contributed by atoms with Gasteiger partial charge in [0.25, 0.3) is 5.91 Å². The van der Waals surface area contributed by atoms with Crippen molar-refractivity contribution in [1.29, 1.82) is 0 Å². The monoisotopic (exact) mass is 558 g/mol. The molecule has 212 valence electrons. The molecule has 2 heterocycles. The number of nitrogens with one attached hydrogen (secondary N) is 1. The highest BCUT2D eigenvalue weighted by molar-refractivity contribution is 5.94. The lowest BCUT2D eigenvalue weighted by Crippen LogP contribution is -2.42. The van der Waals surface area contributed by atoms with Gasteiger partial charge < -0.3 is 28.8 Å². The topological polar surface area (TPSA) is 90.1 Å². The SMILES string of the molecule is COC[C@H](C)Oc1cc(Oc2ccc(C(=O)N3CCC3)cc2F)cc(-c2ccc(C(=O)OCc3ccccc3)[nH]2)c1. The van der Waals surface area contributed by atoms with E-state index in [1.165, 1.54) is 12.1 Å². The molecule has 5 rings (SSSR count). The highest BCUT2D eigenvalue weighted by atomic mass is 19.1. The number of likely N-dealkylation sites (tertiary alicyclic amines) is 1. The Labute approximate surface area is 237 Å². The average Bonchev–Trinajstić information content (AvgIpc) is 3.43. The van der Waals surface area contributed by atoms with Gasteiger partial charge >= 0.3 is 5.97 Å². The Balaban J connectivity index is 1.37. The molecule has 1 aliphatic rings. The number of nitrogens with zero attached hydrogens (tertiary/aromatic N) is 1. The fourth-order valence-corrected chi connectivity index (χ4v) is 4.38. The van der Waals surface area contributed by atoms with E-state index in [-0.39, 0.29) is 35.6 Å². The standard InChI is InChI=1S/C32H31FN2O6/c1-21(19-38-2)40-25-15-24(28-10-11-29(34-28)32(37)39-20-22-7-4-3-5-8-22)16-26(18-25)41-30-12-9-23(17-27(30)33)31(36)35-13-6-14-35/h3-5,7-12,15-18,21,34H,6,13-14,19-20H2,1-2H3/t21-/m0/s1. The van der Waals surface area contributed by atoms with Gasteiger partial charge in [0.2, 0.25) is 0 Å². The van der Waals surface area contributed by atoms with Crippen LogP contribution in [0.15, 0.2) is 78.9 Å². The van der Waals surface area contributed by atoms with Crippen molar-refractivity contribution in [2.24, 2.45) is 0 Å². The Morgan fingerprint density at radius 3 is 2.46 bits per heavy atom. The lowest BCUT2D eigenvalue weighted by molar-refractivity contribution is 0.0466. The Kier molecular flexibility index (Phi) is 8.64. The molecule has 0 aliphatic carbocycles. The van der Waals surface area contributed by atoms with E-state index in [0.717, 1.165) is 12.0 Å². The zero-order chi connectivity index (χ0) is 28.8. The number of aromatic nitrogens is 1. The van der Waals surface area contributed by atoms with E-state index >= 15 is 4.39 Å². The van der Waals surface area contributed by atoms with Gasteiger partial charge in [-0.05, 0) is 61.4 Å². The maximum Gasteiger partial charge on any atom is 0.355 e. The van der Waals surface area contributed by atoms with Crippen molar-refractivity contribution in [3.05, 3.63) is 102 Å². The molecule has 8 nitrogen and oxygen atoms in total. The van der Waals surface area contributed by atoms with Crippen molar-refractivity contribution in [2.75, 3.05) is 26.8 Å². The molecule has 1 atom stereocenters. The molecule has 4 aromatic rings. The number of aromatic amines is 1. The molecule has 1 aromatic heterocycles. The number of carbonyl (C=O) groups excluding carboxylic acids is 2. The predicted molar refractivity (Wildman–Crippen MR) is 151 cm³/mol. The summed E-state index contributed by atoms with van der Waals surface area (Å²) in [7, 11) is 1.58. The molecule has 0 saturated carbocycles. The number of benzene rings is 3. The summed E-state index contributed by atoms with van der Waals surface area (Å²) in [5, 5.41) is 0. The molecule has 0 radical (unpaired) electrons. The van der Waals surface area contributed by atoms with Crippen molar-refractivity contribution in [3.8, 4) is 28.5 Å². The molecular formula is C32H31FN2O6. The third-order valence-electron chi connectivity index (χ3n) is 6.60. The van der Waals surface area contributed by atoms with Crippen LogP contribution in [0.25, 0.3) is 11.3 Å². The van der Waals surface area contributed by atoms with Gasteiger partial charge in [0.05, 0.1) is 6.61 Å². The second-order valence-electron chi connectivity index (χ2n) is 9.82. The molecule has 1 aliphatic heterocycles. The van der Waals surface area contributed by atoms with Crippen LogP contribution >= 0.6 is 0 Å². The number of esters is 1. The molecule has 1 fully saturated rings. The summed E-state index contributed by atoms with van der Waals surface area (Å²) < 4.78 is 37.5. The Morgan fingerprint density at radius 1 is 0.976 bits per heavy atom. The van der Waals surface area contributed by atoms with E-state index in [2.05, 4.69) is 4.98 Å². The average molecular weight is 559 g/mol. The van der Waals surface area contributed by atoms with Crippen LogP contribution in [0.2, 0.25) is 0 Å². The van der Waals surface area contributed by atoms with Gasteiger partial charge in [0.15, 0.2) is 11.6 Å². The number of carbonyl (C=O) groups is 2. The second-order valence-corrected chi connectivity index (χ2v) is 9.82. The maximum absolute atomic E-state index is 15.0. The molecule has 1 N–H and O–H groups in total. The summed E-state index contributed by atoms with van der Waals surface area (Å²) in [5.74, 6) is -0.598. The van der Waals surface area contributed by atoms with E-state index in [0.29, 0.717) is 42.5 Å². The minimum atomic E-state index is -0.652. The number of H-pyrrole nitrogens is 1. The van der Waals surface area contributed by atoms with Gasteiger partial charge in [-0.3, -0.25) is 4.79 Å². The summed E-state index contributed by atoms with van der Waals surface area (Å²) in [5.41, 5.74) is 2.70. The fourth-order valence-electron chi connectivity index (χ4n) is 4.38. The Bertz CT molecular complexity index is 1520. The molecule has 9 heteroatoms. The summed E-state index contributed by atoms with van der Waals surface area (Å²) in [6.07, 6.45) is 0.690. The first-order valence-electron chi connectivity index (χ1n) is 13.4. The molecule has 1 saturated heterocycles. The summed E-state index contributed by atoms with van der Waals surface area (Å²) >= 11 is 0. The molecule has 0 unspecified atom stereocenters. The number of amides is 1. The van der Waals surface area contributed by atoms with Crippen molar-refractivity contribution < 1.29 is 32.9 Å². The summed E-state index contributed by atoms with van der Waals surface area (Å²) in [6.45, 7) is 3.74. The Morgan fingerprint density at radius 2 is 1.76 bits per heavy atom. The molecular weight excluding hydrogens is 527 g/mol. The largest absolute Gasteiger partial charge is 0.488 e. The molecule has 1 amide bonds. The van der Waals surface area contributed by atoms with Crippen molar-refractivity contribution in [1.82, 2.24) is 9.88 Å². The number of ether oxygens (including phenoxy) is 4. The lowest BCUT2D eigenvalue weighted by Gasteiger charge is -2.30. The predicted octanol–water partition coefficient (Wildman–Crippen LogP) is 6.23. The third kappa shape index (κ3) is 6.93. The zero-order valence-corrected chi connectivity index (χ0v) is 22.9. The number of hydrogen-bond donors (Lipinski definition) is 1. The van der Waals surface area contributed by atoms with Gasteiger partial charge in [-0.25, -0.2) is 9.18 Å². The Hall–Kier alpha value is -4.63. The van der Waals surface area contributed by atoms with Crippen LogP contribution in [0.3, 0.4) is 0 Å². The number of hydrogen-bond acceptors (Lipinski definition) is 6. The summed E-state index contributed by atoms with van der Waals surface area (Å²) in [6, 6.07) is 22.1. The van der Waals surface area contributed by atoms with Gasteiger partial charge in [0, 0.05) is 43.1 Å². The quantitative estimate of drug-likeness (QED) is 0.220. The van der Waals surface area contributed by atoms with E-state index < -0.39 is 11.8 Å². The molecule has 0 spiro atoms. The number of halogens is 1. The third-order valence-corrected chi connectivity index (χ3v) is 6.60. The molecule has 41 heavy (non-hydrogen) atoms. The van der Waals surface area contributed by atoms with E-state index in [1.54, 1.807) is 48.4 Å². The van der Waals surface area contributed by atoms with Crippen LogP contribution < -0.4 is 9.47 Å². The van der Waals surface area contributed by atoms with E-state index in [9.17, 15) is 9.59 Å². The van der Waals surface area contributed by atoms with Crippen LogP contribution in [0.5, 0.6) is 17.2 Å². The van der Waals surface area contributed by atoms with Crippen LogP contribution in [-0.2, 0) is 16.1 Å². The van der Waals surface area contributed by atoms with Crippen LogP contribution in [0, 0.1) is 5.82 Å². The van der Waals surface area contributed by atoms with Crippen molar-refractivity contribution in [2.45, 2.75) is 26.1 Å².